The van der Waals surface area contributed by atoms with E-state index in [2.05, 4.69) is 13.8 Å². The van der Waals surface area contributed by atoms with Gasteiger partial charge in [0.1, 0.15) is 5.60 Å². The van der Waals surface area contributed by atoms with Crippen molar-refractivity contribution in [2.45, 2.75) is 83.8 Å². The molecule has 1 aliphatic heterocycles. The molecule has 0 aromatic rings. The second kappa shape index (κ2) is 4.56. The van der Waals surface area contributed by atoms with Gasteiger partial charge in [-0.15, -0.1) is 0 Å². The van der Waals surface area contributed by atoms with Crippen LogP contribution in [0.2, 0.25) is 0 Å². The fraction of sp³-hybridized carbons (Fsp3) is 0.833. The number of hydrogen-bond acceptors (Lipinski definition) is 3. The number of alkyl halides is 2. The van der Waals surface area contributed by atoms with Crippen LogP contribution in [-0.4, -0.2) is 28.7 Å². The highest BCUT2D eigenvalue weighted by atomic mass is 19.3. The third kappa shape index (κ3) is 1.58. The molecular formula is C24H30F2O3. The van der Waals surface area contributed by atoms with Gasteiger partial charge >= 0.3 is 0 Å². The third-order valence-electron chi connectivity index (χ3n) is 10.9. The molecule has 1 heterocycles. The van der Waals surface area contributed by atoms with E-state index in [4.69, 9.17) is 4.74 Å². The lowest BCUT2D eigenvalue weighted by atomic mass is 9.45. The number of hydrogen-bond donors (Lipinski definition) is 0. The van der Waals surface area contributed by atoms with Crippen molar-refractivity contribution in [2.75, 3.05) is 0 Å². The Morgan fingerprint density at radius 2 is 1.83 bits per heavy atom. The number of ether oxygens (including phenoxy) is 1. The van der Waals surface area contributed by atoms with Crippen molar-refractivity contribution < 1.29 is 23.1 Å². The molecule has 0 unspecified atom stereocenters. The van der Waals surface area contributed by atoms with Crippen molar-refractivity contribution in [1.29, 1.82) is 0 Å². The van der Waals surface area contributed by atoms with Gasteiger partial charge in [-0.1, -0.05) is 13.8 Å². The first-order chi connectivity index (χ1) is 13.3. The van der Waals surface area contributed by atoms with Crippen LogP contribution in [0.3, 0.4) is 0 Å². The Morgan fingerprint density at radius 1 is 1.14 bits per heavy atom. The van der Waals surface area contributed by atoms with E-state index in [1.54, 1.807) is 19.9 Å². The smallest absolute Gasteiger partial charge is 0.261 e. The highest BCUT2D eigenvalue weighted by Gasteiger charge is 2.91. The lowest BCUT2D eigenvalue weighted by Gasteiger charge is -2.58. The van der Waals surface area contributed by atoms with Crippen LogP contribution in [-0.2, 0) is 14.3 Å². The molecule has 0 N–H and O–H groups in total. The molecule has 158 valence electrons. The van der Waals surface area contributed by atoms with Crippen molar-refractivity contribution in [2.24, 2.45) is 39.9 Å². The molecular weight excluding hydrogens is 374 g/mol. The number of allylic oxidation sites excluding steroid dienone is 1. The molecule has 0 aromatic heterocycles. The largest absolute Gasteiger partial charge is 0.354 e. The zero-order valence-corrected chi connectivity index (χ0v) is 17.9. The van der Waals surface area contributed by atoms with Crippen molar-refractivity contribution in [3.05, 3.63) is 11.6 Å². The quantitative estimate of drug-likeness (QED) is 0.593. The minimum absolute atomic E-state index is 0.00203. The Bertz CT molecular complexity index is 925. The number of halogens is 2. The first-order valence-electron chi connectivity index (χ1n) is 11.2. The fourth-order valence-corrected chi connectivity index (χ4v) is 9.61. The second-order valence-electron chi connectivity index (χ2n) is 11.8. The van der Waals surface area contributed by atoms with E-state index in [9.17, 15) is 9.59 Å². The fourth-order valence-electron chi connectivity index (χ4n) is 9.61. The van der Waals surface area contributed by atoms with Gasteiger partial charge in [-0.2, -0.15) is 0 Å². The van der Waals surface area contributed by atoms with Crippen molar-refractivity contribution in [3.63, 3.8) is 0 Å². The Labute approximate surface area is 170 Å². The molecule has 29 heavy (non-hydrogen) atoms. The molecule has 3 nitrogen and oxygen atoms in total. The van der Waals surface area contributed by atoms with Gasteiger partial charge in [-0.25, -0.2) is 8.78 Å². The average Bonchev–Trinajstić information content (AvgIpc) is 3.37. The first kappa shape index (κ1) is 18.7. The number of ketones is 2. The number of epoxide rings is 1. The van der Waals surface area contributed by atoms with E-state index >= 15 is 8.78 Å². The molecule has 5 aliphatic carbocycles. The topological polar surface area (TPSA) is 46.7 Å². The van der Waals surface area contributed by atoms with Crippen LogP contribution in [0.25, 0.3) is 0 Å². The monoisotopic (exact) mass is 404 g/mol. The van der Waals surface area contributed by atoms with E-state index in [0.717, 1.165) is 12.8 Å². The van der Waals surface area contributed by atoms with Gasteiger partial charge in [0.05, 0.1) is 5.41 Å². The lowest BCUT2D eigenvalue weighted by Crippen LogP contribution is -2.56. The summed E-state index contributed by atoms with van der Waals surface area (Å²) in [7, 11) is 0. The summed E-state index contributed by atoms with van der Waals surface area (Å²) >= 11 is 0. The summed E-state index contributed by atoms with van der Waals surface area (Å²) in [4.78, 5) is 24.9. The van der Waals surface area contributed by atoms with E-state index in [-0.39, 0.29) is 40.2 Å². The van der Waals surface area contributed by atoms with Crippen LogP contribution in [0.5, 0.6) is 0 Å². The van der Waals surface area contributed by atoms with Crippen LogP contribution < -0.4 is 0 Å². The van der Waals surface area contributed by atoms with Crippen LogP contribution in [0.15, 0.2) is 11.6 Å². The normalized spacial score (nSPS) is 60.8. The summed E-state index contributed by atoms with van der Waals surface area (Å²) in [6, 6.07) is 0. The zero-order valence-electron chi connectivity index (χ0n) is 17.9. The molecule has 0 aromatic carbocycles. The van der Waals surface area contributed by atoms with Crippen LogP contribution >= 0.6 is 0 Å². The summed E-state index contributed by atoms with van der Waals surface area (Å²) in [5, 5.41) is 0. The first-order valence-corrected chi connectivity index (χ1v) is 11.2. The molecule has 5 heteroatoms. The molecule has 9 atom stereocenters. The van der Waals surface area contributed by atoms with Crippen molar-refractivity contribution in [1.82, 2.24) is 0 Å². The van der Waals surface area contributed by atoms with Crippen LogP contribution in [0.1, 0.15) is 66.7 Å². The zero-order chi connectivity index (χ0) is 21.0. The van der Waals surface area contributed by atoms with Crippen molar-refractivity contribution >= 4 is 11.6 Å². The van der Waals surface area contributed by atoms with Crippen LogP contribution in [0.4, 0.5) is 8.78 Å². The van der Waals surface area contributed by atoms with E-state index in [1.165, 1.54) is 0 Å². The Kier molecular flexibility index (Phi) is 2.93. The van der Waals surface area contributed by atoms with E-state index in [1.807, 2.05) is 6.92 Å². The van der Waals surface area contributed by atoms with Gasteiger partial charge in [-0.3, -0.25) is 9.59 Å². The second-order valence-corrected chi connectivity index (χ2v) is 11.8. The highest BCUT2D eigenvalue weighted by molar-refractivity contribution is 5.93. The van der Waals surface area contributed by atoms with Gasteiger partial charge in [0.15, 0.2) is 17.2 Å². The van der Waals surface area contributed by atoms with Gasteiger partial charge in [-0.05, 0) is 81.3 Å². The van der Waals surface area contributed by atoms with Crippen LogP contribution in [0, 0.1) is 39.9 Å². The Hall–Kier alpha value is -1.10. The molecule has 0 spiro atoms. The predicted molar refractivity (Wildman–Crippen MR) is 102 cm³/mol. The van der Waals surface area contributed by atoms with Crippen molar-refractivity contribution in [3.8, 4) is 0 Å². The molecule has 0 amide bonds. The van der Waals surface area contributed by atoms with Gasteiger partial charge in [0.25, 0.3) is 5.92 Å². The minimum atomic E-state index is -2.78. The standard InChI is InChI=1S/C24H30F2O3/c1-12(27)23-20(3)9-7-14-17(15(20)11-21(23,4)29-23)18-22(5,24(18,25)26)16-10-13(28)6-8-19(14,16)2/h10,14-15,17-18H,6-9,11H2,1-5H3/t14-,15-,17+,18-,19+,20-,21+,22+,23-/m0/s1. The third-order valence-corrected chi connectivity index (χ3v) is 10.9. The molecule has 6 aliphatic rings. The minimum Gasteiger partial charge on any atom is -0.354 e. The molecule has 4 saturated carbocycles. The number of carbonyl (C=O) groups is 2. The summed E-state index contributed by atoms with van der Waals surface area (Å²) in [6.45, 7) is 9.57. The maximum absolute atomic E-state index is 15.5. The highest BCUT2D eigenvalue weighted by Crippen LogP contribution is 2.86. The lowest BCUT2D eigenvalue weighted by molar-refractivity contribution is -0.139. The Balaban J connectivity index is 1.52. The summed E-state index contributed by atoms with van der Waals surface area (Å²) in [5.74, 6) is -3.35. The molecule has 0 bridgehead atoms. The number of rotatable bonds is 1. The van der Waals surface area contributed by atoms with E-state index in [0.29, 0.717) is 24.8 Å². The maximum atomic E-state index is 15.5. The number of fused-ring (bicyclic) bond motifs is 10. The predicted octanol–water partition coefficient (Wildman–Crippen LogP) is 4.74. The Morgan fingerprint density at radius 3 is 2.48 bits per heavy atom. The van der Waals surface area contributed by atoms with Gasteiger partial charge < -0.3 is 4.74 Å². The summed E-state index contributed by atoms with van der Waals surface area (Å²) in [6.07, 6.45) is 5.06. The molecule has 6 rings (SSSR count). The summed E-state index contributed by atoms with van der Waals surface area (Å²) in [5.41, 5.74) is -2.52. The molecule has 1 saturated heterocycles. The molecule has 0 radical (unpaired) electrons. The number of Topliss-reactive ketones (excluding diaryl/α,β-unsaturated/α-hetero) is 1. The molecule has 5 fully saturated rings. The van der Waals surface area contributed by atoms with Gasteiger partial charge in [0, 0.05) is 17.8 Å². The van der Waals surface area contributed by atoms with E-state index < -0.39 is 28.5 Å². The number of carbonyl (C=O) groups excluding carboxylic acids is 2. The average molecular weight is 404 g/mol. The maximum Gasteiger partial charge on any atom is 0.261 e. The summed E-state index contributed by atoms with van der Waals surface area (Å²) < 4.78 is 37.1. The SMILES string of the molecule is CC(=O)[C@@]12O[C@]1(C)C[C@H]1[C@@H]3[C@@H]4C(F)(F)[C@]4(C)C4=CC(=O)CC[C@]4(C)[C@H]3CC[C@@]12C. The van der Waals surface area contributed by atoms with Gasteiger partial charge in [0.2, 0.25) is 0 Å².